The minimum Gasteiger partial charge on any atom is -0.493 e. The highest BCUT2D eigenvalue weighted by Gasteiger charge is 2.08. The lowest BCUT2D eigenvalue weighted by molar-refractivity contribution is -0.145. The first-order chi connectivity index (χ1) is 12.5. The second kappa shape index (κ2) is 7.82. The molecule has 0 aliphatic rings. The highest BCUT2D eigenvalue weighted by Crippen LogP contribution is 2.16. The fraction of sp³-hybridized carbons (Fsp3) is 0.250. The number of benzene rings is 1. The lowest BCUT2D eigenvalue weighted by Crippen LogP contribution is -2.17. The zero-order chi connectivity index (χ0) is 18.5. The second-order valence-electron chi connectivity index (χ2n) is 6.05. The quantitative estimate of drug-likeness (QED) is 0.638. The number of ether oxygens (including phenoxy) is 2. The molecule has 2 heterocycles. The summed E-state index contributed by atoms with van der Waals surface area (Å²) in [5, 5.41) is 0. The Balaban J connectivity index is 1.54. The average Bonchev–Trinajstić information content (AvgIpc) is 2.62. The SMILES string of the molecule is Cc1ccc2nc(COC(=O)CCOc3ccccc3C)cc(=O)n2c1. The molecule has 0 bridgehead atoms. The highest BCUT2D eigenvalue weighted by molar-refractivity contribution is 5.69. The molecule has 0 fully saturated rings. The van der Waals surface area contributed by atoms with E-state index in [0.29, 0.717) is 11.3 Å². The second-order valence-corrected chi connectivity index (χ2v) is 6.05. The van der Waals surface area contributed by atoms with E-state index in [-0.39, 0.29) is 25.2 Å². The third kappa shape index (κ3) is 4.27. The van der Waals surface area contributed by atoms with Gasteiger partial charge in [0.05, 0.1) is 18.7 Å². The van der Waals surface area contributed by atoms with Crippen LogP contribution in [0.5, 0.6) is 5.75 Å². The highest BCUT2D eigenvalue weighted by atomic mass is 16.5. The summed E-state index contributed by atoms with van der Waals surface area (Å²) in [7, 11) is 0. The van der Waals surface area contributed by atoms with Crippen LogP contribution in [0.3, 0.4) is 0 Å². The molecule has 0 aliphatic carbocycles. The average molecular weight is 352 g/mol. The number of nitrogens with zero attached hydrogens (tertiary/aromatic N) is 2. The van der Waals surface area contributed by atoms with Crippen molar-refractivity contribution < 1.29 is 14.3 Å². The minimum atomic E-state index is -0.399. The molecule has 0 spiro atoms. The third-order valence-corrected chi connectivity index (χ3v) is 3.90. The molecule has 0 unspecified atom stereocenters. The number of carbonyl (C=O) groups is 1. The zero-order valence-corrected chi connectivity index (χ0v) is 14.8. The van der Waals surface area contributed by atoms with Gasteiger partial charge in [0, 0.05) is 12.3 Å². The topological polar surface area (TPSA) is 69.9 Å². The molecule has 0 amide bonds. The summed E-state index contributed by atoms with van der Waals surface area (Å²) in [5.74, 6) is 0.351. The van der Waals surface area contributed by atoms with Crippen LogP contribution in [0.1, 0.15) is 23.2 Å². The largest absolute Gasteiger partial charge is 0.493 e. The van der Waals surface area contributed by atoms with Crippen molar-refractivity contribution in [2.75, 3.05) is 6.61 Å². The van der Waals surface area contributed by atoms with Crippen LogP contribution in [0, 0.1) is 13.8 Å². The van der Waals surface area contributed by atoms with Crippen LogP contribution in [0.25, 0.3) is 5.65 Å². The van der Waals surface area contributed by atoms with Crippen LogP contribution in [0.15, 0.2) is 53.5 Å². The number of hydrogen-bond donors (Lipinski definition) is 0. The fourth-order valence-corrected chi connectivity index (χ4v) is 2.52. The van der Waals surface area contributed by atoms with Gasteiger partial charge in [-0.05, 0) is 37.1 Å². The first-order valence-corrected chi connectivity index (χ1v) is 8.36. The van der Waals surface area contributed by atoms with Gasteiger partial charge in [0.1, 0.15) is 18.0 Å². The third-order valence-electron chi connectivity index (χ3n) is 3.90. The van der Waals surface area contributed by atoms with Gasteiger partial charge in [-0.1, -0.05) is 24.3 Å². The van der Waals surface area contributed by atoms with Crippen LogP contribution in [0.2, 0.25) is 0 Å². The number of para-hydroxylation sites is 1. The van der Waals surface area contributed by atoms with E-state index in [9.17, 15) is 9.59 Å². The van der Waals surface area contributed by atoms with E-state index >= 15 is 0 Å². The molecule has 0 atom stereocenters. The number of aromatic nitrogens is 2. The van der Waals surface area contributed by atoms with Gasteiger partial charge in [-0.25, -0.2) is 4.98 Å². The molecule has 0 saturated heterocycles. The number of carbonyl (C=O) groups excluding carboxylic acids is 1. The lowest BCUT2D eigenvalue weighted by Gasteiger charge is -2.09. The minimum absolute atomic E-state index is 0.0389. The predicted octanol–water partition coefficient (Wildman–Crippen LogP) is 2.82. The van der Waals surface area contributed by atoms with Crippen LogP contribution in [-0.4, -0.2) is 22.0 Å². The molecule has 26 heavy (non-hydrogen) atoms. The van der Waals surface area contributed by atoms with Crippen molar-refractivity contribution in [1.29, 1.82) is 0 Å². The molecule has 2 aromatic heterocycles. The standard InChI is InChI=1S/C20H20N2O4/c1-14-7-8-18-21-16(11-19(23)22(18)12-14)13-26-20(24)9-10-25-17-6-4-3-5-15(17)2/h3-8,11-12H,9-10,13H2,1-2H3. The molecule has 3 aromatic rings. The first kappa shape index (κ1) is 17.7. The van der Waals surface area contributed by atoms with E-state index < -0.39 is 5.97 Å². The Labute approximate surface area is 151 Å². The maximum absolute atomic E-state index is 12.1. The Hall–Kier alpha value is -3.15. The zero-order valence-electron chi connectivity index (χ0n) is 14.8. The molecular formula is C20H20N2O4. The predicted molar refractivity (Wildman–Crippen MR) is 97.3 cm³/mol. The summed E-state index contributed by atoms with van der Waals surface area (Å²) < 4.78 is 12.2. The van der Waals surface area contributed by atoms with Crippen LogP contribution in [0.4, 0.5) is 0 Å². The van der Waals surface area contributed by atoms with Crippen molar-refractivity contribution in [3.63, 3.8) is 0 Å². The number of fused-ring (bicyclic) bond motifs is 1. The van der Waals surface area contributed by atoms with Crippen LogP contribution in [-0.2, 0) is 16.1 Å². The van der Waals surface area contributed by atoms with Crippen molar-refractivity contribution in [1.82, 2.24) is 9.38 Å². The Bertz CT molecular complexity index is 995. The first-order valence-electron chi connectivity index (χ1n) is 8.36. The van der Waals surface area contributed by atoms with Gasteiger partial charge in [-0.3, -0.25) is 14.0 Å². The Kier molecular flexibility index (Phi) is 5.31. The molecule has 1 aromatic carbocycles. The van der Waals surface area contributed by atoms with Crippen molar-refractivity contribution in [2.24, 2.45) is 0 Å². The molecule has 6 heteroatoms. The Morgan fingerprint density at radius 3 is 2.77 bits per heavy atom. The number of hydrogen-bond acceptors (Lipinski definition) is 5. The lowest BCUT2D eigenvalue weighted by atomic mass is 10.2. The van der Waals surface area contributed by atoms with Gasteiger partial charge in [0.2, 0.25) is 0 Å². The van der Waals surface area contributed by atoms with Gasteiger partial charge < -0.3 is 9.47 Å². The van der Waals surface area contributed by atoms with Crippen LogP contribution >= 0.6 is 0 Å². The van der Waals surface area contributed by atoms with Gasteiger partial charge in [0.15, 0.2) is 0 Å². The van der Waals surface area contributed by atoms with E-state index in [2.05, 4.69) is 4.98 Å². The van der Waals surface area contributed by atoms with Gasteiger partial charge in [-0.15, -0.1) is 0 Å². The van der Waals surface area contributed by atoms with Crippen molar-refractivity contribution in [3.8, 4) is 5.75 Å². The van der Waals surface area contributed by atoms with Gasteiger partial charge in [-0.2, -0.15) is 0 Å². The summed E-state index contributed by atoms with van der Waals surface area (Å²) in [6, 6.07) is 12.6. The van der Waals surface area contributed by atoms with Crippen LogP contribution < -0.4 is 10.3 Å². The van der Waals surface area contributed by atoms with Gasteiger partial charge >= 0.3 is 5.97 Å². The summed E-state index contributed by atoms with van der Waals surface area (Å²) >= 11 is 0. The number of pyridine rings is 1. The van der Waals surface area contributed by atoms with E-state index in [1.54, 1.807) is 12.3 Å². The van der Waals surface area contributed by atoms with Crippen molar-refractivity contribution >= 4 is 11.6 Å². The molecule has 6 nitrogen and oxygen atoms in total. The maximum atomic E-state index is 12.1. The summed E-state index contributed by atoms with van der Waals surface area (Å²) in [6.45, 7) is 4.04. The summed E-state index contributed by atoms with van der Waals surface area (Å²) in [5.41, 5.74) is 2.72. The van der Waals surface area contributed by atoms with E-state index in [0.717, 1.165) is 16.9 Å². The molecule has 3 rings (SSSR count). The molecule has 0 N–H and O–H groups in total. The van der Waals surface area contributed by atoms with Crippen molar-refractivity contribution in [2.45, 2.75) is 26.9 Å². The molecule has 134 valence electrons. The monoisotopic (exact) mass is 352 g/mol. The molecule has 0 radical (unpaired) electrons. The number of aryl methyl sites for hydroxylation is 2. The molecule has 0 aliphatic heterocycles. The maximum Gasteiger partial charge on any atom is 0.309 e. The Morgan fingerprint density at radius 1 is 1.15 bits per heavy atom. The number of rotatable bonds is 6. The summed E-state index contributed by atoms with van der Waals surface area (Å²) in [4.78, 5) is 28.3. The molecule has 0 saturated carbocycles. The van der Waals surface area contributed by atoms with E-state index in [1.165, 1.54) is 10.5 Å². The molecular weight excluding hydrogens is 332 g/mol. The normalized spacial score (nSPS) is 10.7. The smallest absolute Gasteiger partial charge is 0.309 e. The van der Waals surface area contributed by atoms with E-state index in [1.807, 2.05) is 44.2 Å². The fourth-order valence-electron chi connectivity index (χ4n) is 2.52. The number of esters is 1. The van der Waals surface area contributed by atoms with E-state index in [4.69, 9.17) is 9.47 Å². The Morgan fingerprint density at radius 2 is 1.96 bits per heavy atom. The van der Waals surface area contributed by atoms with Crippen molar-refractivity contribution in [3.05, 3.63) is 75.8 Å². The summed E-state index contributed by atoms with van der Waals surface area (Å²) in [6.07, 6.45) is 1.85. The van der Waals surface area contributed by atoms with Gasteiger partial charge in [0.25, 0.3) is 5.56 Å².